The molecule has 188 valence electrons. The summed E-state index contributed by atoms with van der Waals surface area (Å²) in [6, 6.07) is 0.889. The van der Waals surface area contributed by atoms with Crippen LogP contribution < -0.4 is 0 Å². The number of rotatable bonds is 25. The molecule has 5 heteroatoms. The lowest BCUT2D eigenvalue weighted by Crippen LogP contribution is -2.43. The fourth-order valence-electron chi connectivity index (χ4n) is 4.34. The Labute approximate surface area is 197 Å². The lowest BCUT2D eigenvalue weighted by atomic mass is 10.0. The maximum atomic E-state index is 5.49. The van der Waals surface area contributed by atoms with E-state index >= 15 is 0 Å². The zero-order valence-electron chi connectivity index (χ0n) is 22.0. The van der Waals surface area contributed by atoms with Crippen molar-refractivity contribution in [3.05, 3.63) is 0 Å². The Morgan fingerprint density at radius 3 is 1.16 bits per heavy atom. The third-order valence-electron chi connectivity index (χ3n) is 6.60. The molecule has 0 heterocycles. The van der Waals surface area contributed by atoms with Gasteiger partial charge in [0.2, 0.25) is 0 Å². The van der Waals surface area contributed by atoms with Crippen molar-refractivity contribution in [1.82, 2.24) is 4.90 Å². The third-order valence-corrected chi connectivity index (χ3v) is 9.43. The van der Waals surface area contributed by atoms with E-state index in [1.165, 1.54) is 116 Å². The van der Waals surface area contributed by atoms with E-state index in [1.807, 2.05) is 0 Å². The summed E-state index contributed by atoms with van der Waals surface area (Å²) < 4.78 is 16.5. The van der Waals surface area contributed by atoms with Crippen LogP contribution in [0.4, 0.5) is 0 Å². The zero-order chi connectivity index (χ0) is 23.0. The van der Waals surface area contributed by atoms with Gasteiger partial charge < -0.3 is 18.2 Å². The Kier molecular flexibility index (Phi) is 23.3. The van der Waals surface area contributed by atoms with Gasteiger partial charge in [-0.15, -0.1) is 0 Å². The van der Waals surface area contributed by atoms with Gasteiger partial charge in [0.05, 0.1) is 0 Å². The molecule has 0 saturated heterocycles. The predicted molar refractivity (Wildman–Crippen MR) is 138 cm³/mol. The maximum absolute atomic E-state index is 5.49. The quantitative estimate of drug-likeness (QED) is 0.103. The first-order valence-corrected chi connectivity index (χ1v) is 15.4. The number of hydrogen-bond acceptors (Lipinski definition) is 4. The van der Waals surface area contributed by atoms with Crippen LogP contribution in [0.2, 0.25) is 6.04 Å². The Balaban J connectivity index is 3.30. The van der Waals surface area contributed by atoms with Crippen LogP contribution in [0.3, 0.4) is 0 Å². The molecular formula is C26H57NO3Si. The first kappa shape index (κ1) is 31.1. The molecule has 0 saturated carbocycles. The Morgan fingerprint density at radius 1 is 0.484 bits per heavy atom. The van der Waals surface area contributed by atoms with Crippen LogP contribution in [-0.2, 0) is 13.3 Å². The van der Waals surface area contributed by atoms with Crippen LogP contribution in [-0.4, -0.2) is 55.2 Å². The van der Waals surface area contributed by atoms with Crippen LogP contribution in [0, 0.1) is 0 Å². The van der Waals surface area contributed by atoms with Gasteiger partial charge in [-0.1, -0.05) is 110 Å². The van der Waals surface area contributed by atoms with Gasteiger partial charge in [-0.3, -0.25) is 0 Å². The second kappa shape index (κ2) is 23.2. The summed E-state index contributed by atoms with van der Waals surface area (Å²) in [6.07, 6.45) is 25.4. The van der Waals surface area contributed by atoms with Crippen molar-refractivity contribution >= 4 is 8.80 Å². The van der Waals surface area contributed by atoms with Crippen molar-refractivity contribution in [3.63, 3.8) is 0 Å². The smallest absolute Gasteiger partial charge is 0.377 e. The molecule has 0 radical (unpaired) electrons. The average molecular weight is 460 g/mol. The normalized spacial score (nSPS) is 12.2. The predicted octanol–water partition coefficient (Wildman–Crippen LogP) is 7.84. The fraction of sp³-hybridized carbons (Fsp3) is 1.00. The van der Waals surface area contributed by atoms with Crippen LogP contribution in [0.15, 0.2) is 0 Å². The first-order valence-electron chi connectivity index (χ1n) is 13.5. The zero-order valence-corrected chi connectivity index (χ0v) is 23.0. The first-order chi connectivity index (χ1) is 15.1. The van der Waals surface area contributed by atoms with E-state index < -0.39 is 8.80 Å². The van der Waals surface area contributed by atoms with E-state index in [-0.39, 0.29) is 0 Å². The molecule has 0 atom stereocenters. The van der Waals surface area contributed by atoms with Crippen LogP contribution in [0.1, 0.15) is 122 Å². The summed E-state index contributed by atoms with van der Waals surface area (Å²) in [5.41, 5.74) is 0. The van der Waals surface area contributed by atoms with Gasteiger partial charge in [0.1, 0.15) is 0 Å². The molecule has 0 aliphatic carbocycles. The minimum Gasteiger partial charge on any atom is -0.377 e. The molecule has 0 aromatic heterocycles. The van der Waals surface area contributed by atoms with Gasteiger partial charge in [0.25, 0.3) is 0 Å². The highest BCUT2D eigenvalue weighted by Gasteiger charge is 2.36. The van der Waals surface area contributed by atoms with Crippen molar-refractivity contribution in [1.29, 1.82) is 0 Å². The molecule has 0 bridgehead atoms. The van der Waals surface area contributed by atoms with Crippen LogP contribution in [0.5, 0.6) is 0 Å². The summed E-state index contributed by atoms with van der Waals surface area (Å²) >= 11 is 0. The summed E-state index contributed by atoms with van der Waals surface area (Å²) in [5.74, 6) is 0. The number of nitrogens with zero attached hydrogens (tertiary/aromatic N) is 1. The van der Waals surface area contributed by atoms with Crippen molar-refractivity contribution in [3.8, 4) is 0 Å². The Hall–Kier alpha value is 0.0569. The molecule has 4 nitrogen and oxygen atoms in total. The third kappa shape index (κ3) is 19.3. The second-order valence-electron chi connectivity index (χ2n) is 9.36. The van der Waals surface area contributed by atoms with E-state index in [0.29, 0.717) is 0 Å². The van der Waals surface area contributed by atoms with Gasteiger partial charge in [-0.05, 0) is 33.0 Å². The molecule has 0 rings (SSSR count). The second-order valence-corrected chi connectivity index (χ2v) is 12.4. The molecule has 0 fully saturated rings. The molecule has 0 aliphatic heterocycles. The van der Waals surface area contributed by atoms with Gasteiger partial charge in [0, 0.05) is 27.4 Å². The topological polar surface area (TPSA) is 30.9 Å². The standard InChI is InChI=1S/C26H57NO3Si/c1-6-7-8-9-10-11-12-13-14-15-16-17-18-19-20-21-22-24-27(2)25-23-26-31(28-3,29-4)30-5/h6-26H2,1-5H3. The van der Waals surface area contributed by atoms with Gasteiger partial charge in [0.15, 0.2) is 0 Å². The monoisotopic (exact) mass is 459 g/mol. The molecular weight excluding hydrogens is 402 g/mol. The number of unbranched alkanes of at least 4 members (excludes halogenated alkanes) is 16. The van der Waals surface area contributed by atoms with Gasteiger partial charge in [-0.25, -0.2) is 0 Å². The molecule has 0 unspecified atom stereocenters. The van der Waals surface area contributed by atoms with Gasteiger partial charge >= 0.3 is 8.80 Å². The Morgan fingerprint density at radius 2 is 0.806 bits per heavy atom. The fourth-order valence-corrected chi connectivity index (χ4v) is 6.04. The van der Waals surface area contributed by atoms with E-state index in [0.717, 1.165) is 19.0 Å². The molecule has 0 aromatic rings. The van der Waals surface area contributed by atoms with Crippen molar-refractivity contribution in [2.75, 3.05) is 41.5 Å². The lowest BCUT2D eigenvalue weighted by Gasteiger charge is -2.25. The molecule has 31 heavy (non-hydrogen) atoms. The molecule has 0 N–H and O–H groups in total. The van der Waals surface area contributed by atoms with Crippen LogP contribution in [0.25, 0.3) is 0 Å². The SMILES string of the molecule is CCCCCCCCCCCCCCCCCCCN(C)CCC[Si](OC)(OC)OC. The van der Waals surface area contributed by atoms with Gasteiger partial charge in [-0.2, -0.15) is 0 Å². The van der Waals surface area contributed by atoms with E-state index in [2.05, 4.69) is 18.9 Å². The summed E-state index contributed by atoms with van der Waals surface area (Å²) in [6.45, 7) is 4.58. The molecule has 0 spiro atoms. The Bertz CT molecular complexity index is 345. The minimum atomic E-state index is -2.39. The molecule has 0 amide bonds. The van der Waals surface area contributed by atoms with Crippen LogP contribution >= 0.6 is 0 Å². The van der Waals surface area contributed by atoms with Crippen molar-refractivity contribution in [2.45, 2.75) is 129 Å². The van der Waals surface area contributed by atoms with E-state index in [9.17, 15) is 0 Å². The highest BCUT2D eigenvalue weighted by atomic mass is 28.4. The van der Waals surface area contributed by atoms with Crippen molar-refractivity contribution in [2.24, 2.45) is 0 Å². The summed E-state index contributed by atoms with van der Waals surface area (Å²) in [7, 11) is 4.92. The highest BCUT2D eigenvalue weighted by molar-refractivity contribution is 6.60. The van der Waals surface area contributed by atoms with E-state index in [4.69, 9.17) is 13.3 Å². The highest BCUT2D eigenvalue weighted by Crippen LogP contribution is 2.16. The molecule has 0 aromatic carbocycles. The van der Waals surface area contributed by atoms with Crippen molar-refractivity contribution < 1.29 is 13.3 Å². The van der Waals surface area contributed by atoms with E-state index in [1.54, 1.807) is 21.3 Å². The lowest BCUT2D eigenvalue weighted by molar-refractivity contribution is 0.122. The number of hydrogen-bond donors (Lipinski definition) is 0. The molecule has 0 aliphatic rings. The maximum Gasteiger partial charge on any atom is 0.500 e. The summed E-state index contributed by atoms with van der Waals surface area (Å²) in [5, 5.41) is 0. The minimum absolute atomic E-state index is 0.889. The largest absolute Gasteiger partial charge is 0.500 e. The summed E-state index contributed by atoms with van der Waals surface area (Å²) in [4.78, 5) is 2.44. The average Bonchev–Trinajstić information content (AvgIpc) is 2.79.